The fourth-order valence-electron chi connectivity index (χ4n) is 0.250. The first-order valence-electron chi connectivity index (χ1n) is 3.41. The molecule has 0 unspecified atom stereocenters. The van der Waals surface area contributed by atoms with Gasteiger partial charge < -0.3 is 6.15 Å². The molecule has 0 aromatic carbocycles. The molecule has 1 rings (SSSR count). The topological polar surface area (TPSA) is 35.0 Å². The Morgan fingerprint density at radius 2 is 1.00 bits per heavy atom. The molecular weight excluding hydrogens is 98.1 g/mol. The molecule has 0 aliphatic heterocycles. The quantitative estimate of drug-likeness (QED) is 0.519. The van der Waals surface area contributed by atoms with Crippen LogP contribution in [0.15, 0.2) is 0 Å². The van der Waals surface area contributed by atoms with E-state index in [0.29, 0.717) is 0 Å². The van der Waals surface area contributed by atoms with Crippen LogP contribution < -0.4 is 6.15 Å². The van der Waals surface area contributed by atoms with Gasteiger partial charge in [0.05, 0.1) is 0 Å². The average Bonchev–Trinajstić information content (AvgIpc) is 1.27. The lowest BCUT2D eigenvalue weighted by Gasteiger charge is -2.05. The van der Waals surface area contributed by atoms with Crippen LogP contribution in [0.1, 0.15) is 46.0 Å². The average molecular weight is 117 g/mol. The maximum absolute atomic E-state index is 2.12. The van der Waals surface area contributed by atoms with Crippen molar-refractivity contribution >= 4 is 0 Å². The van der Waals surface area contributed by atoms with Gasteiger partial charge in [0.15, 0.2) is 0 Å². The van der Waals surface area contributed by atoms with Crippen molar-refractivity contribution in [3.63, 3.8) is 0 Å². The molecule has 1 nitrogen and oxygen atoms in total. The summed E-state index contributed by atoms with van der Waals surface area (Å²) in [4.78, 5) is 0. The SMILES string of the molecule is C1CCC1.CCC.N. The minimum Gasteiger partial charge on any atom is -0.344 e. The number of hydrogen-bond donors (Lipinski definition) is 1. The summed E-state index contributed by atoms with van der Waals surface area (Å²) in [6.07, 6.45) is 7.25. The Morgan fingerprint density at radius 3 is 1.00 bits per heavy atom. The van der Waals surface area contributed by atoms with Crippen molar-refractivity contribution < 1.29 is 0 Å². The minimum atomic E-state index is 0. The first-order valence-corrected chi connectivity index (χ1v) is 3.41. The molecule has 52 valence electrons. The van der Waals surface area contributed by atoms with Crippen LogP contribution in [-0.2, 0) is 0 Å². The molecule has 0 aromatic rings. The van der Waals surface area contributed by atoms with Crippen molar-refractivity contribution in [1.29, 1.82) is 0 Å². The van der Waals surface area contributed by atoms with Gasteiger partial charge in [-0.2, -0.15) is 0 Å². The monoisotopic (exact) mass is 117 g/mol. The van der Waals surface area contributed by atoms with Crippen LogP contribution in [0.3, 0.4) is 0 Å². The summed E-state index contributed by atoms with van der Waals surface area (Å²) in [5, 5.41) is 0. The first-order chi connectivity index (χ1) is 3.41. The molecule has 0 heterocycles. The maximum Gasteiger partial charge on any atom is -0.0533 e. The largest absolute Gasteiger partial charge is 0.344 e. The molecule has 1 saturated carbocycles. The lowest BCUT2D eigenvalue weighted by molar-refractivity contribution is 0.504. The van der Waals surface area contributed by atoms with Gasteiger partial charge in [0.1, 0.15) is 0 Å². The first kappa shape index (κ1) is 10.9. The molecule has 3 N–H and O–H groups in total. The summed E-state index contributed by atoms with van der Waals surface area (Å²) in [5.74, 6) is 0. The molecule has 1 aliphatic rings. The van der Waals surface area contributed by atoms with E-state index in [4.69, 9.17) is 0 Å². The molecule has 1 fully saturated rings. The molecule has 0 atom stereocenters. The zero-order valence-corrected chi connectivity index (χ0v) is 6.24. The maximum atomic E-state index is 2.12. The van der Waals surface area contributed by atoms with Crippen LogP contribution in [0.5, 0.6) is 0 Å². The Hall–Kier alpha value is -0.0400. The van der Waals surface area contributed by atoms with Gasteiger partial charge in [-0.05, 0) is 0 Å². The van der Waals surface area contributed by atoms with Crippen molar-refractivity contribution in [2.75, 3.05) is 0 Å². The molecular formula is C7H19N. The van der Waals surface area contributed by atoms with E-state index in [1.54, 1.807) is 0 Å². The highest BCUT2D eigenvalue weighted by Gasteiger charge is 1.95. The summed E-state index contributed by atoms with van der Waals surface area (Å²) in [6, 6.07) is 0. The number of hydrogen-bond acceptors (Lipinski definition) is 1. The summed E-state index contributed by atoms with van der Waals surface area (Å²) < 4.78 is 0. The van der Waals surface area contributed by atoms with Gasteiger partial charge in [-0.15, -0.1) is 0 Å². The molecule has 0 aromatic heterocycles. The fourth-order valence-corrected chi connectivity index (χ4v) is 0.250. The summed E-state index contributed by atoms with van der Waals surface area (Å²) in [5.41, 5.74) is 0. The van der Waals surface area contributed by atoms with Crippen LogP contribution in [0, 0.1) is 0 Å². The van der Waals surface area contributed by atoms with E-state index >= 15 is 0 Å². The predicted molar refractivity (Wildman–Crippen MR) is 39.5 cm³/mol. The fraction of sp³-hybridized carbons (Fsp3) is 1.00. The van der Waals surface area contributed by atoms with Crippen LogP contribution in [0.25, 0.3) is 0 Å². The summed E-state index contributed by atoms with van der Waals surface area (Å²) in [7, 11) is 0. The Bertz CT molecular complexity index is 19.6. The molecule has 8 heavy (non-hydrogen) atoms. The van der Waals surface area contributed by atoms with Crippen LogP contribution >= 0.6 is 0 Å². The highest BCUT2D eigenvalue weighted by molar-refractivity contribution is 4.50. The van der Waals surface area contributed by atoms with Gasteiger partial charge in [0.25, 0.3) is 0 Å². The lowest BCUT2D eigenvalue weighted by atomic mass is 10.0. The number of rotatable bonds is 0. The third-order valence-corrected chi connectivity index (χ3v) is 1.000. The molecule has 1 heteroatoms. The van der Waals surface area contributed by atoms with Gasteiger partial charge in [-0.1, -0.05) is 46.0 Å². The molecule has 0 radical (unpaired) electrons. The van der Waals surface area contributed by atoms with E-state index in [1.165, 1.54) is 32.1 Å². The van der Waals surface area contributed by atoms with Gasteiger partial charge >= 0.3 is 0 Å². The van der Waals surface area contributed by atoms with Crippen molar-refractivity contribution in [2.24, 2.45) is 0 Å². The van der Waals surface area contributed by atoms with E-state index in [-0.39, 0.29) is 6.15 Å². The Labute approximate surface area is 53.1 Å². The molecule has 0 bridgehead atoms. The van der Waals surface area contributed by atoms with Crippen molar-refractivity contribution in [3.05, 3.63) is 0 Å². The molecule has 0 saturated heterocycles. The Kier molecular flexibility index (Phi) is 13.6. The molecule has 1 aliphatic carbocycles. The van der Waals surface area contributed by atoms with Gasteiger partial charge in [0, 0.05) is 0 Å². The summed E-state index contributed by atoms with van der Waals surface area (Å²) >= 11 is 0. The predicted octanol–water partition coefficient (Wildman–Crippen LogP) is 3.14. The zero-order chi connectivity index (χ0) is 5.54. The van der Waals surface area contributed by atoms with E-state index in [9.17, 15) is 0 Å². The van der Waals surface area contributed by atoms with Crippen molar-refractivity contribution in [2.45, 2.75) is 46.0 Å². The molecule has 0 spiro atoms. The van der Waals surface area contributed by atoms with Crippen molar-refractivity contribution in [3.8, 4) is 0 Å². The summed E-state index contributed by atoms with van der Waals surface area (Å²) in [6.45, 7) is 4.25. The van der Waals surface area contributed by atoms with Gasteiger partial charge in [-0.25, -0.2) is 0 Å². The standard InChI is InChI=1S/C4H8.C3H8.H3N/c1-2-4-3-1;1-3-2;/h1-4H2;3H2,1-2H3;1H3. The smallest absolute Gasteiger partial charge is 0.0533 e. The van der Waals surface area contributed by atoms with E-state index in [1.807, 2.05) is 0 Å². The van der Waals surface area contributed by atoms with Gasteiger partial charge in [0.2, 0.25) is 0 Å². The van der Waals surface area contributed by atoms with Crippen LogP contribution in [0.4, 0.5) is 0 Å². The normalized spacial score (nSPS) is 14.2. The second-order valence-electron chi connectivity index (χ2n) is 2.12. The van der Waals surface area contributed by atoms with Gasteiger partial charge in [-0.3, -0.25) is 0 Å². The van der Waals surface area contributed by atoms with Crippen molar-refractivity contribution in [1.82, 2.24) is 6.15 Å². The second kappa shape index (κ2) is 10.0. The minimum absolute atomic E-state index is 0. The van der Waals surface area contributed by atoms with Crippen LogP contribution in [-0.4, -0.2) is 0 Å². The Morgan fingerprint density at radius 1 is 0.875 bits per heavy atom. The lowest BCUT2D eigenvalue weighted by Crippen LogP contribution is -1.85. The third kappa shape index (κ3) is 9.35. The third-order valence-electron chi connectivity index (χ3n) is 1.000. The van der Waals surface area contributed by atoms with E-state index in [0.717, 1.165) is 0 Å². The van der Waals surface area contributed by atoms with E-state index < -0.39 is 0 Å². The van der Waals surface area contributed by atoms with E-state index in [2.05, 4.69) is 13.8 Å². The Balaban J connectivity index is 0. The highest BCUT2D eigenvalue weighted by Crippen LogP contribution is 2.15. The second-order valence-corrected chi connectivity index (χ2v) is 2.12. The zero-order valence-electron chi connectivity index (χ0n) is 6.24. The van der Waals surface area contributed by atoms with Crippen LogP contribution in [0.2, 0.25) is 0 Å². The molecule has 0 amide bonds. The highest BCUT2D eigenvalue weighted by atomic mass is 14.0.